The van der Waals surface area contributed by atoms with Crippen molar-refractivity contribution in [1.29, 1.82) is 0 Å². The standard InChI is InChI=1S/C12H18N2O3/c1-12(2,3)17-11(16)14(4)8-9-5-10(15)7-13-6-9/h5-7,15H,8H2,1-4H3. The lowest BCUT2D eigenvalue weighted by molar-refractivity contribution is 0.0285. The molecule has 0 fully saturated rings. The van der Waals surface area contributed by atoms with E-state index >= 15 is 0 Å². The Labute approximate surface area is 101 Å². The Bertz CT molecular complexity index is 399. The minimum atomic E-state index is -0.511. The van der Waals surface area contributed by atoms with E-state index in [1.165, 1.54) is 11.1 Å². The van der Waals surface area contributed by atoms with Gasteiger partial charge in [0.2, 0.25) is 0 Å². The number of aromatic hydroxyl groups is 1. The highest BCUT2D eigenvalue weighted by molar-refractivity contribution is 5.67. The summed E-state index contributed by atoms with van der Waals surface area (Å²) in [7, 11) is 1.64. The van der Waals surface area contributed by atoms with E-state index in [1.807, 2.05) is 20.8 Å². The van der Waals surface area contributed by atoms with Crippen LogP contribution in [0.2, 0.25) is 0 Å². The van der Waals surface area contributed by atoms with Gasteiger partial charge in [-0.15, -0.1) is 0 Å². The Balaban J connectivity index is 2.60. The Morgan fingerprint density at radius 1 is 1.47 bits per heavy atom. The van der Waals surface area contributed by atoms with Crippen LogP contribution in [0.3, 0.4) is 0 Å². The van der Waals surface area contributed by atoms with Gasteiger partial charge in [0.15, 0.2) is 0 Å². The molecule has 1 amide bonds. The van der Waals surface area contributed by atoms with Crippen molar-refractivity contribution in [3.63, 3.8) is 0 Å². The van der Waals surface area contributed by atoms with Crippen LogP contribution in [0, 0.1) is 0 Å². The summed E-state index contributed by atoms with van der Waals surface area (Å²) in [5, 5.41) is 9.25. The second kappa shape index (κ2) is 5.03. The average molecular weight is 238 g/mol. The minimum Gasteiger partial charge on any atom is -0.506 e. The maximum atomic E-state index is 11.7. The Kier molecular flexibility index (Phi) is 3.93. The number of carbonyl (C=O) groups is 1. The van der Waals surface area contributed by atoms with Crippen LogP contribution < -0.4 is 0 Å². The van der Waals surface area contributed by atoms with Gasteiger partial charge in [-0.05, 0) is 32.4 Å². The summed E-state index contributed by atoms with van der Waals surface area (Å²) in [5.74, 6) is 0.0834. The first-order chi connectivity index (χ1) is 7.78. The average Bonchev–Trinajstić information content (AvgIpc) is 2.14. The molecule has 1 aromatic heterocycles. The third-order valence-corrected chi connectivity index (χ3v) is 1.91. The highest BCUT2D eigenvalue weighted by Crippen LogP contribution is 2.13. The number of pyridine rings is 1. The van der Waals surface area contributed by atoms with E-state index in [0.29, 0.717) is 6.54 Å². The van der Waals surface area contributed by atoms with Gasteiger partial charge in [0.25, 0.3) is 0 Å². The van der Waals surface area contributed by atoms with Gasteiger partial charge in [-0.2, -0.15) is 0 Å². The van der Waals surface area contributed by atoms with E-state index < -0.39 is 11.7 Å². The van der Waals surface area contributed by atoms with Gasteiger partial charge < -0.3 is 14.7 Å². The summed E-state index contributed by atoms with van der Waals surface area (Å²) >= 11 is 0. The quantitative estimate of drug-likeness (QED) is 0.857. The van der Waals surface area contributed by atoms with Gasteiger partial charge >= 0.3 is 6.09 Å². The molecule has 1 N–H and O–H groups in total. The molecule has 0 radical (unpaired) electrons. The minimum absolute atomic E-state index is 0.0834. The largest absolute Gasteiger partial charge is 0.506 e. The smallest absolute Gasteiger partial charge is 0.410 e. The van der Waals surface area contributed by atoms with Crippen molar-refractivity contribution in [2.75, 3.05) is 7.05 Å². The van der Waals surface area contributed by atoms with Crippen molar-refractivity contribution in [2.24, 2.45) is 0 Å². The van der Waals surface area contributed by atoms with E-state index in [1.54, 1.807) is 19.3 Å². The van der Waals surface area contributed by atoms with E-state index in [-0.39, 0.29) is 5.75 Å². The van der Waals surface area contributed by atoms with Crippen molar-refractivity contribution in [2.45, 2.75) is 32.9 Å². The molecule has 94 valence electrons. The zero-order valence-corrected chi connectivity index (χ0v) is 10.6. The van der Waals surface area contributed by atoms with Crippen LogP contribution in [0.1, 0.15) is 26.3 Å². The molecule has 0 saturated heterocycles. The molecule has 0 aromatic carbocycles. The van der Waals surface area contributed by atoms with Crippen LogP contribution in [-0.2, 0) is 11.3 Å². The fraction of sp³-hybridized carbons (Fsp3) is 0.500. The third kappa shape index (κ3) is 4.72. The summed E-state index contributed by atoms with van der Waals surface area (Å²) < 4.78 is 5.21. The van der Waals surface area contributed by atoms with E-state index in [0.717, 1.165) is 5.56 Å². The normalized spacial score (nSPS) is 11.1. The zero-order valence-electron chi connectivity index (χ0n) is 10.6. The zero-order chi connectivity index (χ0) is 13.1. The molecule has 5 nitrogen and oxygen atoms in total. The van der Waals surface area contributed by atoms with E-state index in [2.05, 4.69) is 4.98 Å². The first-order valence-electron chi connectivity index (χ1n) is 5.35. The fourth-order valence-corrected chi connectivity index (χ4v) is 1.24. The van der Waals surface area contributed by atoms with Gasteiger partial charge in [-0.25, -0.2) is 4.79 Å². The maximum absolute atomic E-state index is 11.7. The SMILES string of the molecule is CN(Cc1cncc(O)c1)C(=O)OC(C)(C)C. The van der Waals surface area contributed by atoms with Gasteiger partial charge in [0.05, 0.1) is 12.7 Å². The van der Waals surface area contributed by atoms with Crippen LogP contribution in [0.5, 0.6) is 5.75 Å². The molecular formula is C12H18N2O3. The molecule has 1 aromatic rings. The van der Waals surface area contributed by atoms with Crippen molar-refractivity contribution in [3.8, 4) is 5.75 Å². The molecule has 0 saturated carbocycles. The van der Waals surface area contributed by atoms with E-state index in [4.69, 9.17) is 4.74 Å². The molecule has 0 spiro atoms. The third-order valence-electron chi connectivity index (χ3n) is 1.91. The van der Waals surface area contributed by atoms with Gasteiger partial charge in [-0.3, -0.25) is 4.98 Å². The monoisotopic (exact) mass is 238 g/mol. The number of nitrogens with zero attached hydrogens (tertiary/aromatic N) is 2. The predicted molar refractivity (Wildman–Crippen MR) is 63.6 cm³/mol. The molecule has 0 aliphatic heterocycles. The lowest BCUT2D eigenvalue weighted by Crippen LogP contribution is -2.33. The number of ether oxygens (including phenoxy) is 1. The lowest BCUT2D eigenvalue weighted by atomic mass is 10.2. The van der Waals surface area contributed by atoms with Gasteiger partial charge in [-0.1, -0.05) is 0 Å². The highest BCUT2D eigenvalue weighted by atomic mass is 16.6. The Morgan fingerprint density at radius 3 is 2.65 bits per heavy atom. The Hall–Kier alpha value is -1.78. The molecule has 0 bridgehead atoms. The summed E-state index contributed by atoms with van der Waals surface area (Å²) in [4.78, 5) is 16.9. The summed E-state index contributed by atoms with van der Waals surface area (Å²) in [5.41, 5.74) is 0.237. The molecule has 0 aliphatic carbocycles. The Morgan fingerprint density at radius 2 is 2.12 bits per heavy atom. The molecule has 0 atom stereocenters. The molecule has 17 heavy (non-hydrogen) atoms. The summed E-state index contributed by atoms with van der Waals surface area (Å²) in [6.07, 6.45) is 2.54. The molecule has 5 heteroatoms. The lowest BCUT2D eigenvalue weighted by Gasteiger charge is -2.24. The first kappa shape index (κ1) is 13.3. The molecule has 0 unspecified atom stereocenters. The van der Waals surface area contributed by atoms with Crippen molar-refractivity contribution in [1.82, 2.24) is 9.88 Å². The second-order valence-corrected chi connectivity index (χ2v) is 4.89. The number of rotatable bonds is 2. The maximum Gasteiger partial charge on any atom is 0.410 e. The predicted octanol–water partition coefficient (Wildman–Crippen LogP) is 2.15. The van der Waals surface area contributed by atoms with Gasteiger partial charge in [0, 0.05) is 13.2 Å². The number of aromatic nitrogens is 1. The number of amides is 1. The van der Waals surface area contributed by atoms with Crippen molar-refractivity contribution in [3.05, 3.63) is 24.0 Å². The van der Waals surface area contributed by atoms with Crippen LogP contribution in [0.15, 0.2) is 18.5 Å². The molecular weight excluding hydrogens is 220 g/mol. The number of hydrogen-bond acceptors (Lipinski definition) is 4. The molecule has 1 heterocycles. The highest BCUT2D eigenvalue weighted by Gasteiger charge is 2.19. The van der Waals surface area contributed by atoms with Crippen LogP contribution >= 0.6 is 0 Å². The molecule has 0 aliphatic rings. The summed E-state index contributed by atoms with van der Waals surface area (Å²) in [6.45, 7) is 5.79. The van der Waals surface area contributed by atoms with Crippen molar-refractivity contribution >= 4 is 6.09 Å². The second-order valence-electron chi connectivity index (χ2n) is 4.89. The fourth-order valence-electron chi connectivity index (χ4n) is 1.24. The van der Waals surface area contributed by atoms with E-state index in [9.17, 15) is 9.90 Å². The van der Waals surface area contributed by atoms with Crippen molar-refractivity contribution < 1.29 is 14.6 Å². The van der Waals surface area contributed by atoms with Crippen LogP contribution in [-0.4, -0.2) is 33.7 Å². The van der Waals surface area contributed by atoms with Crippen LogP contribution in [0.4, 0.5) is 4.79 Å². The van der Waals surface area contributed by atoms with Crippen LogP contribution in [0.25, 0.3) is 0 Å². The number of carbonyl (C=O) groups excluding carboxylic acids is 1. The number of hydrogen-bond donors (Lipinski definition) is 1. The first-order valence-corrected chi connectivity index (χ1v) is 5.35. The topological polar surface area (TPSA) is 62.7 Å². The van der Waals surface area contributed by atoms with Gasteiger partial charge in [0.1, 0.15) is 11.4 Å². The summed E-state index contributed by atoms with van der Waals surface area (Å²) in [6, 6.07) is 1.56. The molecule has 1 rings (SSSR count).